The van der Waals surface area contributed by atoms with E-state index in [9.17, 15) is 13.2 Å². The molecule has 0 aliphatic carbocycles. The zero-order chi connectivity index (χ0) is 16.3. The third-order valence-corrected chi connectivity index (χ3v) is 3.91. The predicted octanol–water partition coefficient (Wildman–Crippen LogP) is 1.80. The Morgan fingerprint density at radius 2 is 1.91 bits per heavy atom. The number of sulfone groups is 1. The smallest absolute Gasteiger partial charge is 0.253 e. The number of benzene rings is 1. The molecule has 0 radical (unpaired) electrons. The van der Waals surface area contributed by atoms with Gasteiger partial charge in [0.15, 0.2) is 9.84 Å². The second-order valence-electron chi connectivity index (χ2n) is 5.36. The Balaban J connectivity index is 2.05. The van der Waals surface area contributed by atoms with E-state index < -0.39 is 9.84 Å². The first-order valence-electron chi connectivity index (χ1n) is 6.69. The fourth-order valence-corrected chi connectivity index (χ4v) is 2.87. The van der Waals surface area contributed by atoms with Crippen molar-refractivity contribution in [1.29, 1.82) is 0 Å². The normalized spacial score (nSPS) is 11.4. The molecule has 1 heterocycles. The summed E-state index contributed by atoms with van der Waals surface area (Å²) in [5.41, 5.74) is 1.84. The third kappa shape index (κ3) is 4.42. The molecular weight excluding hydrogens is 304 g/mol. The highest BCUT2D eigenvalue weighted by Crippen LogP contribution is 2.12. The van der Waals surface area contributed by atoms with Crippen molar-refractivity contribution < 1.29 is 17.7 Å². The predicted molar refractivity (Wildman–Crippen MR) is 82.0 cm³/mol. The lowest BCUT2D eigenvalue weighted by atomic mass is 10.1. The largest absolute Gasteiger partial charge is 0.361 e. The molecule has 1 aromatic heterocycles. The van der Waals surface area contributed by atoms with Gasteiger partial charge >= 0.3 is 0 Å². The molecule has 22 heavy (non-hydrogen) atoms. The number of aromatic nitrogens is 1. The molecule has 0 bridgehead atoms. The SMILES string of the molecule is Cc1cc(CN(C)C(=O)c2ccc(CS(C)(=O)=O)cc2)no1. The number of carbonyl (C=O) groups excluding carboxylic acids is 1. The van der Waals surface area contributed by atoms with Crippen LogP contribution in [0.1, 0.15) is 27.4 Å². The fraction of sp³-hybridized carbons (Fsp3) is 0.333. The molecule has 0 saturated heterocycles. The second kappa shape index (κ2) is 6.31. The molecule has 0 atom stereocenters. The van der Waals surface area contributed by atoms with Gasteiger partial charge in [0, 0.05) is 24.9 Å². The zero-order valence-electron chi connectivity index (χ0n) is 12.7. The van der Waals surface area contributed by atoms with Gasteiger partial charge in [-0.3, -0.25) is 4.79 Å². The molecule has 2 rings (SSSR count). The van der Waals surface area contributed by atoms with Crippen molar-refractivity contribution in [3.05, 3.63) is 52.9 Å². The Labute approximate surface area is 129 Å². The minimum atomic E-state index is -3.08. The Bertz CT molecular complexity index is 763. The maximum atomic E-state index is 12.3. The lowest BCUT2D eigenvalue weighted by molar-refractivity contribution is 0.0782. The first-order valence-corrected chi connectivity index (χ1v) is 8.75. The topological polar surface area (TPSA) is 80.5 Å². The first kappa shape index (κ1) is 16.2. The molecule has 2 aromatic rings. The van der Waals surface area contributed by atoms with Crippen LogP contribution in [0.25, 0.3) is 0 Å². The van der Waals surface area contributed by atoms with Gasteiger partial charge in [-0.1, -0.05) is 17.3 Å². The van der Waals surface area contributed by atoms with Crippen LogP contribution in [0.2, 0.25) is 0 Å². The maximum Gasteiger partial charge on any atom is 0.253 e. The highest BCUT2D eigenvalue weighted by Gasteiger charge is 2.14. The van der Waals surface area contributed by atoms with Crippen molar-refractivity contribution in [2.24, 2.45) is 0 Å². The van der Waals surface area contributed by atoms with E-state index in [0.29, 0.717) is 29.1 Å². The maximum absolute atomic E-state index is 12.3. The van der Waals surface area contributed by atoms with E-state index in [1.54, 1.807) is 44.3 Å². The number of hydrogen-bond donors (Lipinski definition) is 0. The van der Waals surface area contributed by atoms with Crippen LogP contribution in [0.4, 0.5) is 0 Å². The van der Waals surface area contributed by atoms with Gasteiger partial charge in [-0.05, 0) is 24.6 Å². The van der Waals surface area contributed by atoms with Crippen LogP contribution >= 0.6 is 0 Å². The number of carbonyl (C=O) groups is 1. The van der Waals surface area contributed by atoms with Gasteiger partial charge in [0.05, 0.1) is 12.3 Å². The number of aryl methyl sites for hydroxylation is 1. The zero-order valence-corrected chi connectivity index (χ0v) is 13.6. The number of rotatable bonds is 5. The standard InChI is InChI=1S/C15H18N2O4S/c1-11-8-14(16-21-11)9-17(2)15(18)13-6-4-12(5-7-13)10-22(3,19)20/h4-8H,9-10H2,1-3H3. The molecule has 0 saturated carbocycles. The Morgan fingerprint density at radius 1 is 1.27 bits per heavy atom. The van der Waals surface area contributed by atoms with Gasteiger partial charge in [0.1, 0.15) is 11.5 Å². The van der Waals surface area contributed by atoms with Gasteiger partial charge < -0.3 is 9.42 Å². The second-order valence-corrected chi connectivity index (χ2v) is 7.50. The fourth-order valence-electron chi connectivity index (χ4n) is 2.07. The average Bonchev–Trinajstić information content (AvgIpc) is 2.82. The van der Waals surface area contributed by atoms with E-state index in [1.807, 2.05) is 0 Å². The average molecular weight is 322 g/mol. The van der Waals surface area contributed by atoms with E-state index in [2.05, 4.69) is 5.16 Å². The molecule has 0 spiro atoms. The Hall–Kier alpha value is -2.15. The van der Waals surface area contributed by atoms with Crippen LogP contribution in [0.5, 0.6) is 0 Å². The van der Waals surface area contributed by atoms with Crippen LogP contribution in [0, 0.1) is 6.92 Å². The lowest BCUT2D eigenvalue weighted by Gasteiger charge is -2.15. The van der Waals surface area contributed by atoms with Crippen molar-refractivity contribution in [3.8, 4) is 0 Å². The summed E-state index contributed by atoms with van der Waals surface area (Å²) in [5, 5.41) is 3.85. The van der Waals surface area contributed by atoms with Crippen molar-refractivity contribution in [2.45, 2.75) is 19.2 Å². The summed E-state index contributed by atoms with van der Waals surface area (Å²) in [7, 11) is -1.40. The summed E-state index contributed by atoms with van der Waals surface area (Å²) >= 11 is 0. The molecule has 6 nitrogen and oxygen atoms in total. The molecule has 1 aromatic carbocycles. The van der Waals surface area contributed by atoms with E-state index in [0.717, 1.165) is 0 Å². The van der Waals surface area contributed by atoms with E-state index in [-0.39, 0.29) is 11.7 Å². The summed E-state index contributed by atoms with van der Waals surface area (Å²) in [5.74, 6) is 0.503. The summed E-state index contributed by atoms with van der Waals surface area (Å²) < 4.78 is 27.5. The molecule has 118 valence electrons. The van der Waals surface area contributed by atoms with Crippen molar-refractivity contribution in [3.63, 3.8) is 0 Å². The molecule has 0 N–H and O–H groups in total. The van der Waals surface area contributed by atoms with E-state index in [4.69, 9.17) is 4.52 Å². The van der Waals surface area contributed by atoms with Crippen LogP contribution in [0.3, 0.4) is 0 Å². The van der Waals surface area contributed by atoms with E-state index in [1.165, 1.54) is 11.2 Å². The highest BCUT2D eigenvalue weighted by molar-refractivity contribution is 7.89. The van der Waals surface area contributed by atoms with E-state index >= 15 is 0 Å². The summed E-state index contributed by atoms with van der Waals surface area (Å²) in [6, 6.07) is 8.35. The highest BCUT2D eigenvalue weighted by atomic mass is 32.2. The number of nitrogens with zero attached hydrogens (tertiary/aromatic N) is 2. The number of hydrogen-bond acceptors (Lipinski definition) is 5. The minimum absolute atomic E-state index is 0.0322. The summed E-state index contributed by atoms with van der Waals surface area (Å²) in [6.07, 6.45) is 1.18. The summed E-state index contributed by atoms with van der Waals surface area (Å²) in [4.78, 5) is 13.8. The van der Waals surface area contributed by atoms with Gasteiger partial charge in [-0.2, -0.15) is 0 Å². The molecule has 1 amide bonds. The molecule has 0 unspecified atom stereocenters. The van der Waals surface area contributed by atoms with Gasteiger partial charge in [0.2, 0.25) is 0 Å². The Morgan fingerprint density at radius 3 is 2.41 bits per heavy atom. The van der Waals surface area contributed by atoms with Crippen LogP contribution in [-0.2, 0) is 22.1 Å². The third-order valence-electron chi connectivity index (χ3n) is 3.05. The van der Waals surface area contributed by atoms with Crippen LogP contribution in [-0.4, -0.2) is 37.7 Å². The molecule has 7 heteroatoms. The first-order chi connectivity index (χ1) is 10.2. The number of amides is 1. The van der Waals surface area contributed by atoms with Crippen molar-refractivity contribution in [1.82, 2.24) is 10.1 Å². The molecule has 0 aliphatic heterocycles. The molecule has 0 aliphatic rings. The Kier molecular flexibility index (Phi) is 4.65. The quantitative estimate of drug-likeness (QED) is 0.838. The lowest BCUT2D eigenvalue weighted by Crippen LogP contribution is -2.26. The molecular formula is C15H18N2O4S. The van der Waals surface area contributed by atoms with Gasteiger partial charge in [-0.15, -0.1) is 0 Å². The molecule has 0 fully saturated rings. The van der Waals surface area contributed by atoms with Gasteiger partial charge in [0.25, 0.3) is 5.91 Å². The van der Waals surface area contributed by atoms with Crippen molar-refractivity contribution in [2.75, 3.05) is 13.3 Å². The van der Waals surface area contributed by atoms with Crippen LogP contribution < -0.4 is 0 Å². The monoisotopic (exact) mass is 322 g/mol. The summed E-state index contributed by atoms with van der Waals surface area (Å²) in [6.45, 7) is 2.14. The van der Waals surface area contributed by atoms with Gasteiger partial charge in [-0.25, -0.2) is 8.42 Å². The van der Waals surface area contributed by atoms with Crippen molar-refractivity contribution >= 4 is 15.7 Å². The minimum Gasteiger partial charge on any atom is -0.361 e. The van der Waals surface area contributed by atoms with Crippen LogP contribution in [0.15, 0.2) is 34.9 Å².